The maximum atomic E-state index is 4.64. The second-order valence-corrected chi connectivity index (χ2v) is 4.87. The minimum absolute atomic E-state index is 0.543. The van der Waals surface area contributed by atoms with E-state index in [-0.39, 0.29) is 0 Å². The molecular weight excluding hydrogens is 238 g/mol. The quantitative estimate of drug-likeness (QED) is 0.901. The van der Waals surface area contributed by atoms with Crippen LogP contribution >= 0.6 is 0 Å². The molecule has 0 aromatic carbocycles. The van der Waals surface area contributed by atoms with Gasteiger partial charge in [0.2, 0.25) is 0 Å². The lowest BCUT2D eigenvalue weighted by molar-refractivity contribution is 0.585. The summed E-state index contributed by atoms with van der Waals surface area (Å²) >= 11 is 0. The number of anilines is 1. The lowest BCUT2D eigenvalue weighted by Gasteiger charge is -2.25. The van der Waals surface area contributed by atoms with Crippen LogP contribution in [0, 0.1) is 0 Å². The molecule has 5 nitrogen and oxygen atoms in total. The van der Waals surface area contributed by atoms with Gasteiger partial charge in [-0.1, -0.05) is 6.92 Å². The van der Waals surface area contributed by atoms with Crippen LogP contribution in [0.1, 0.15) is 19.8 Å². The van der Waals surface area contributed by atoms with E-state index in [1.54, 1.807) is 12.4 Å². The Morgan fingerprint density at radius 1 is 1.32 bits per heavy atom. The molecule has 1 fully saturated rings. The third kappa shape index (κ3) is 2.51. The largest absolute Gasteiger partial charge is 0.352 e. The van der Waals surface area contributed by atoms with Crippen molar-refractivity contribution in [2.45, 2.75) is 25.8 Å². The summed E-state index contributed by atoms with van der Waals surface area (Å²) in [6, 6.07) is 4.61. The van der Waals surface area contributed by atoms with E-state index in [1.165, 1.54) is 12.8 Å². The Morgan fingerprint density at radius 2 is 2.21 bits per heavy atom. The first-order chi connectivity index (χ1) is 9.38. The number of nitrogens with one attached hydrogen (secondary N) is 1. The standard InChI is InChI=1S/C14H19N5/c1-2-15-10-11-4-3-9-19(11)13-6-5-12-14(18-13)17-8-7-16-12/h5-8,11,15H,2-4,9-10H2,1H3. The van der Waals surface area contributed by atoms with Gasteiger partial charge in [0.15, 0.2) is 5.65 Å². The highest BCUT2D eigenvalue weighted by atomic mass is 15.2. The van der Waals surface area contributed by atoms with Gasteiger partial charge in [-0.25, -0.2) is 9.97 Å². The Labute approximate surface area is 113 Å². The Kier molecular flexibility index (Phi) is 3.55. The molecule has 5 heteroatoms. The van der Waals surface area contributed by atoms with Crippen LogP contribution in [0.2, 0.25) is 0 Å². The Morgan fingerprint density at radius 3 is 3.11 bits per heavy atom. The third-order valence-electron chi connectivity index (χ3n) is 3.62. The zero-order valence-electron chi connectivity index (χ0n) is 11.2. The number of aromatic nitrogens is 3. The molecule has 1 saturated heterocycles. The van der Waals surface area contributed by atoms with E-state index < -0.39 is 0 Å². The van der Waals surface area contributed by atoms with E-state index in [2.05, 4.69) is 38.2 Å². The van der Waals surface area contributed by atoms with Gasteiger partial charge in [0, 0.05) is 31.5 Å². The zero-order chi connectivity index (χ0) is 13.1. The molecule has 0 aliphatic carbocycles. The number of likely N-dealkylation sites (N-methyl/N-ethyl adjacent to an activating group) is 1. The van der Waals surface area contributed by atoms with E-state index in [1.807, 2.05) is 6.07 Å². The molecule has 3 rings (SSSR count). The predicted molar refractivity (Wildman–Crippen MR) is 76.2 cm³/mol. The fourth-order valence-corrected chi connectivity index (χ4v) is 2.66. The first kappa shape index (κ1) is 12.3. The van der Waals surface area contributed by atoms with E-state index in [4.69, 9.17) is 0 Å². The minimum atomic E-state index is 0.543. The molecule has 3 heterocycles. The number of nitrogens with zero attached hydrogens (tertiary/aromatic N) is 4. The van der Waals surface area contributed by atoms with Gasteiger partial charge in [-0.15, -0.1) is 0 Å². The summed E-state index contributed by atoms with van der Waals surface area (Å²) in [6.45, 7) is 5.26. The van der Waals surface area contributed by atoms with E-state index >= 15 is 0 Å². The maximum absolute atomic E-state index is 4.64. The molecule has 19 heavy (non-hydrogen) atoms. The Hall–Kier alpha value is -1.75. The number of fused-ring (bicyclic) bond motifs is 1. The van der Waals surface area contributed by atoms with Crippen molar-refractivity contribution in [1.82, 2.24) is 20.3 Å². The van der Waals surface area contributed by atoms with Gasteiger partial charge in [-0.3, -0.25) is 4.98 Å². The van der Waals surface area contributed by atoms with Crippen LogP contribution < -0.4 is 10.2 Å². The summed E-state index contributed by atoms with van der Waals surface area (Å²) < 4.78 is 0. The van der Waals surface area contributed by atoms with Gasteiger partial charge in [-0.05, 0) is 31.5 Å². The van der Waals surface area contributed by atoms with Gasteiger partial charge < -0.3 is 10.2 Å². The number of hydrogen-bond acceptors (Lipinski definition) is 5. The van der Waals surface area contributed by atoms with Crippen molar-refractivity contribution in [3.8, 4) is 0 Å². The van der Waals surface area contributed by atoms with Gasteiger partial charge in [-0.2, -0.15) is 0 Å². The monoisotopic (exact) mass is 257 g/mol. The Balaban J connectivity index is 1.86. The van der Waals surface area contributed by atoms with Crippen LogP contribution in [0.4, 0.5) is 5.82 Å². The van der Waals surface area contributed by atoms with Crippen molar-refractivity contribution in [1.29, 1.82) is 0 Å². The Bertz CT molecular complexity index is 556. The molecule has 0 radical (unpaired) electrons. The lowest BCUT2D eigenvalue weighted by atomic mass is 10.2. The molecule has 0 amide bonds. The highest BCUT2D eigenvalue weighted by Crippen LogP contribution is 2.24. The summed E-state index contributed by atoms with van der Waals surface area (Å²) in [5, 5.41) is 3.43. The molecule has 0 bridgehead atoms. The van der Waals surface area contributed by atoms with Crippen LogP contribution in [-0.2, 0) is 0 Å². The number of pyridine rings is 1. The fraction of sp³-hybridized carbons (Fsp3) is 0.500. The highest BCUT2D eigenvalue weighted by molar-refractivity contribution is 5.71. The van der Waals surface area contributed by atoms with Crippen molar-refractivity contribution < 1.29 is 0 Å². The van der Waals surface area contributed by atoms with Crippen LogP contribution in [0.5, 0.6) is 0 Å². The molecule has 1 aliphatic rings. The molecule has 0 saturated carbocycles. The molecule has 1 atom stereocenters. The first-order valence-corrected chi connectivity index (χ1v) is 6.93. The van der Waals surface area contributed by atoms with Crippen molar-refractivity contribution >= 4 is 17.0 Å². The molecular formula is C14H19N5. The fourth-order valence-electron chi connectivity index (χ4n) is 2.66. The summed E-state index contributed by atoms with van der Waals surface area (Å²) in [4.78, 5) is 15.6. The first-order valence-electron chi connectivity index (χ1n) is 6.93. The second kappa shape index (κ2) is 5.48. The van der Waals surface area contributed by atoms with Crippen molar-refractivity contribution in [2.75, 3.05) is 24.5 Å². The summed E-state index contributed by atoms with van der Waals surface area (Å²) in [7, 11) is 0. The molecule has 1 unspecified atom stereocenters. The van der Waals surface area contributed by atoms with Gasteiger partial charge in [0.1, 0.15) is 11.3 Å². The zero-order valence-corrected chi connectivity index (χ0v) is 11.2. The normalized spacial score (nSPS) is 19.2. The van der Waals surface area contributed by atoms with Gasteiger partial charge in [0.25, 0.3) is 0 Å². The highest BCUT2D eigenvalue weighted by Gasteiger charge is 2.25. The molecule has 100 valence electrons. The van der Waals surface area contributed by atoms with E-state index in [9.17, 15) is 0 Å². The number of hydrogen-bond donors (Lipinski definition) is 1. The topological polar surface area (TPSA) is 53.9 Å². The molecule has 2 aromatic rings. The van der Waals surface area contributed by atoms with Crippen LogP contribution in [-0.4, -0.2) is 40.6 Å². The van der Waals surface area contributed by atoms with Gasteiger partial charge in [0.05, 0.1) is 0 Å². The van der Waals surface area contributed by atoms with Crippen molar-refractivity contribution in [3.05, 3.63) is 24.5 Å². The van der Waals surface area contributed by atoms with Crippen molar-refractivity contribution in [2.24, 2.45) is 0 Å². The second-order valence-electron chi connectivity index (χ2n) is 4.87. The van der Waals surface area contributed by atoms with Crippen LogP contribution in [0.15, 0.2) is 24.5 Å². The molecule has 0 spiro atoms. The van der Waals surface area contributed by atoms with E-state index in [0.29, 0.717) is 6.04 Å². The predicted octanol–water partition coefficient (Wildman–Crippen LogP) is 1.60. The van der Waals surface area contributed by atoms with E-state index in [0.717, 1.165) is 36.6 Å². The average Bonchev–Trinajstić information content (AvgIpc) is 2.93. The molecule has 2 aromatic heterocycles. The number of rotatable bonds is 4. The van der Waals surface area contributed by atoms with Crippen LogP contribution in [0.25, 0.3) is 11.2 Å². The molecule has 1 N–H and O–H groups in total. The SMILES string of the molecule is CCNCC1CCCN1c1ccc2nccnc2n1. The minimum Gasteiger partial charge on any atom is -0.352 e. The smallest absolute Gasteiger partial charge is 0.180 e. The molecule has 1 aliphatic heterocycles. The summed E-state index contributed by atoms with van der Waals surface area (Å²) in [5.74, 6) is 1.02. The summed E-state index contributed by atoms with van der Waals surface area (Å²) in [5.41, 5.74) is 1.59. The maximum Gasteiger partial charge on any atom is 0.180 e. The van der Waals surface area contributed by atoms with Gasteiger partial charge >= 0.3 is 0 Å². The lowest BCUT2D eigenvalue weighted by Crippen LogP contribution is -2.38. The average molecular weight is 257 g/mol. The van der Waals surface area contributed by atoms with Crippen LogP contribution in [0.3, 0.4) is 0 Å². The summed E-state index contributed by atoms with van der Waals surface area (Å²) in [6.07, 6.45) is 5.86. The van der Waals surface area contributed by atoms with Crippen molar-refractivity contribution in [3.63, 3.8) is 0 Å². The third-order valence-corrected chi connectivity index (χ3v) is 3.62.